The van der Waals surface area contributed by atoms with E-state index in [9.17, 15) is 4.79 Å². The van der Waals surface area contributed by atoms with Gasteiger partial charge in [0.15, 0.2) is 6.61 Å². The number of ether oxygens (including phenoxy) is 1. The number of imidazole rings is 1. The second kappa shape index (κ2) is 7.74. The molecule has 0 radical (unpaired) electrons. The Bertz CT molecular complexity index is 1100. The van der Waals surface area contributed by atoms with Crippen LogP contribution in [0, 0.1) is 6.92 Å². The number of nitrogens with zero attached hydrogens (tertiary/aromatic N) is 1. The highest BCUT2D eigenvalue weighted by molar-refractivity contribution is 6.33. The van der Waals surface area contributed by atoms with E-state index >= 15 is 0 Å². The summed E-state index contributed by atoms with van der Waals surface area (Å²) in [5.41, 5.74) is 4.26. The van der Waals surface area contributed by atoms with Gasteiger partial charge < -0.3 is 15.0 Å². The molecule has 0 spiro atoms. The van der Waals surface area contributed by atoms with E-state index in [2.05, 4.69) is 15.3 Å². The van der Waals surface area contributed by atoms with Crippen LogP contribution in [-0.2, 0) is 4.79 Å². The molecular formula is C22H18ClN3O2. The maximum absolute atomic E-state index is 12.2. The number of para-hydroxylation sites is 2. The van der Waals surface area contributed by atoms with Crippen LogP contribution >= 0.6 is 11.6 Å². The molecule has 1 aromatic heterocycles. The minimum atomic E-state index is -0.251. The van der Waals surface area contributed by atoms with Gasteiger partial charge in [0.2, 0.25) is 0 Å². The molecule has 4 rings (SSSR count). The number of aromatic amines is 1. The summed E-state index contributed by atoms with van der Waals surface area (Å²) in [5.74, 6) is 1.05. The number of hydrogen-bond donors (Lipinski definition) is 2. The predicted octanol–water partition coefficient (Wildman–Crippen LogP) is 5.21. The van der Waals surface area contributed by atoms with E-state index < -0.39 is 0 Å². The summed E-state index contributed by atoms with van der Waals surface area (Å²) in [4.78, 5) is 20.1. The Morgan fingerprint density at radius 3 is 2.68 bits per heavy atom. The van der Waals surface area contributed by atoms with Gasteiger partial charge in [-0.2, -0.15) is 0 Å². The number of aromatic nitrogens is 2. The maximum atomic E-state index is 12.2. The average molecular weight is 392 g/mol. The molecule has 0 aliphatic heterocycles. The van der Waals surface area contributed by atoms with Crippen LogP contribution in [0.3, 0.4) is 0 Å². The Hall–Kier alpha value is -3.31. The van der Waals surface area contributed by atoms with Crippen LogP contribution in [-0.4, -0.2) is 22.5 Å². The molecule has 2 N–H and O–H groups in total. The smallest absolute Gasteiger partial charge is 0.262 e. The molecule has 1 heterocycles. The SMILES string of the molecule is Cc1ccc(OCC(=O)Nc2ccc(Cl)c(-c3nc4ccccc4[nH]3)c2)cc1. The van der Waals surface area contributed by atoms with Crippen molar-refractivity contribution in [2.24, 2.45) is 0 Å². The molecule has 0 aliphatic carbocycles. The fraction of sp³-hybridized carbons (Fsp3) is 0.0909. The van der Waals surface area contributed by atoms with E-state index in [1.54, 1.807) is 18.2 Å². The first-order chi connectivity index (χ1) is 13.6. The fourth-order valence-corrected chi connectivity index (χ4v) is 3.05. The first-order valence-electron chi connectivity index (χ1n) is 8.82. The van der Waals surface area contributed by atoms with Gasteiger partial charge in [-0.05, 0) is 49.4 Å². The van der Waals surface area contributed by atoms with Crippen molar-refractivity contribution in [3.8, 4) is 17.1 Å². The van der Waals surface area contributed by atoms with Gasteiger partial charge in [0.05, 0.1) is 16.1 Å². The molecule has 0 saturated heterocycles. The average Bonchev–Trinajstić information content (AvgIpc) is 3.13. The lowest BCUT2D eigenvalue weighted by molar-refractivity contribution is -0.118. The third kappa shape index (κ3) is 4.00. The monoisotopic (exact) mass is 391 g/mol. The van der Waals surface area contributed by atoms with Crippen molar-refractivity contribution < 1.29 is 9.53 Å². The van der Waals surface area contributed by atoms with Crippen molar-refractivity contribution in [2.75, 3.05) is 11.9 Å². The number of H-pyrrole nitrogens is 1. The fourth-order valence-electron chi connectivity index (χ4n) is 2.85. The summed E-state index contributed by atoms with van der Waals surface area (Å²) in [6.45, 7) is 1.92. The third-order valence-corrected chi connectivity index (χ3v) is 4.62. The van der Waals surface area contributed by atoms with Crippen molar-refractivity contribution in [3.05, 3.63) is 77.3 Å². The van der Waals surface area contributed by atoms with Crippen LogP contribution in [0.5, 0.6) is 5.75 Å². The zero-order chi connectivity index (χ0) is 19.5. The molecule has 1 amide bonds. The number of nitrogens with one attached hydrogen (secondary N) is 2. The summed E-state index contributed by atoms with van der Waals surface area (Å²) in [5, 5.41) is 3.38. The van der Waals surface area contributed by atoms with Crippen LogP contribution in [0.4, 0.5) is 5.69 Å². The highest BCUT2D eigenvalue weighted by Gasteiger charge is 2.11. The number of halogens is 1. The number of rotatable bonds is 5. The van der Waals surface area contributed by atoms with Crippen molar-refractivity contribution in [3.63, 3.8) is 0 Å². The Balaban J connectivity index is 1.48. The van der Waals surface area contributed by atoms with Crippen molar-refractivity contribution in [1.29, 1.82) is 0 Å². The molecule has 3 aromatic carbocycles. The van der Waals surface area contributed by atoms with Gasteiger partial charge >= 0.3 is 0 Å². The summed E-state index contributed by atoms with van der Waals surface area (Å²) in [6, 6.07) is 20.6. The van der Waals surface area contributed by atoms with Crippen LogP contribution in [0.1, 0.15) is 5.56 Å². The molecule has 0 unspecified atom stereocenters. The van der Waals surface area contributed by atoms with Gasteiger partial charge in [0.25, 0.3) is 5.91 Å². The number of fused-ring (bicyclic) bond motifs is 1. The molecule has 0 saturated carbocycles. The number of anilines is 1. The molecule has 0 aliphatic rings. The number of benzene rings is 3. The van der Waals surface area contributed by atoms with Gasteiger partial charge in [-0.15, -0.1) is 0 Å². The van der Waals surface area contributed by atoms with Gasteiger partial charge in [-0.3, -0.25) is 4.79 Å². The third-order valence-electron chi connectivity index (χ3n) is 4.29. The largest absolute Gasteiger partial charge is 0.484 e. The molecule has 6 heteroatoms. The van der Waals surface area contributed by atoms with E-state index in [-0.39, 0.29) is 12.5 Å². The van der Waals surface area contributed by atoms with E-state index in [1.165, 1.54) is 0 Å². The molecule has 0 bridgehead atoms. The number of amides is 1. The zero-order valence-corrected chi connectivity index (χ0v) is 16.0. The zero-order valence-electron chi connectivity index (χ0n) is 15.2. The first kappa shape index (κ1) is 18.1. The molecule has 140 valence electrons. The predicted molar refractivity (Wildman–Crippen MR) is 112 cm³/mol. The summed E-state index contributed by atoms with van der Waals surface area (Å²) < 4.78 is 5.52. The minimum Gasteiger partial charge on any atom is -0.484 e. The van der Waals surface area contributed by atoms with Gasteiger partial charge in [-0.1, -0.05) is 41.4 Å². The van der Waals surface area contributed by atoms with E-state index in [1.807, 2.05) is 55.5 Å². The van der Waals surface area contributed by atoms with Crippen molar-refractivity contribution >= 4 is 34.2 Å². The number of carbonyl (C=O) groups excluding carboxylic acids is 1. The van der Waals surface area contributed by atoms with E-state index in [4.69, 9.17) is 16.3 Å². The minimum absolute atomic E-state index is 0.0777. The molecule has 0 fully saturated rings. The summed E-state index contributed by atoms with van der Waals surface area (Å²) >= 11 is 6.35. The second-order valence-corrected chi connectivity index (χ2v) is 6.85. The normalized spacial score (nSPS) is 10.8. The van der Waals surface area contributed by atoms with Crippen LogP contribution in [0.15, 0.2) is 66.7 Å². The van der Waals surface area contributed by atoms with Crippen LogP contribution in [0.2, 0.25) is 5.02 Å². The van der Waals surface area contributed by atoms with Crippen LogP contribution < -0.4 is 10.1 Å². The quantitative estimate of drug-likeness (QED) is 0.490. The van der Waals surface area contributed by atoms with Crippen molar-refractivity contribution in [2.45, 2.75) is 6.92 Å². The second-order valence-electron chi connectivity index (χ2n) is 6.45. The standard InChI is InChI=1S/C22H18ClN3O2/c1-14-6-9-16(10-7-14)28-13-21(27)24-15-8-11-18(23)17(12-15)22-25-19-4-2-3-5-20(19)26-22/h2-12H,13H2,1H3,(H,24,27)(H,25,26). The first-order valence-corrected chi connectivity index (χ1v) is 9.20. The van der Waals surface area contributed by atoms with Gasteiger partial charge in [0, 0.05) is 11.3 Å². The number of carbonyl (C=O) groups is 1. The highest BCUT2D eigenvalue weighted by atomic mass is 35.5. The molecular weight excluding hydrogens is 374 g/mol. The Labute approximate surface area is 167 Å². The van der Waals surface area contributed by atoms with E-state index in [0.717, 1.165) is 22.2 Å². The Kier molecular flexibility index (Phi) is 5.00. The number of hydrogen-bond acceptors (Lipinski definition) is 3. The molecule has 28 heavy (non-hydrogen) atoms. The van der Waals surface area contributed by atoms with Crippen LogP contribution in [0.25, 0.3) is 22.4 Å². The summed E-state index contributed by atoms with van der Waals surface area (Å²) in [7, 11) is 0. The Morgan fingerprint density at radius 2 is 1.89 bits per heavy atom. The van der Waals surface area contributed by atoms with Crippen molar-refractivity contribution in [1.82, 2.24) is 9.97 Å². The summed E-state index contributed by atoms with van der Waals surface area (Å²) in [6.07, 6.45) is 0. The maximum Gasteiger partial charge on any atom is 0.262 e. The molecule has 4 aromatic rings. The highest BCUT2D eigenvalue weighted by Crippen LogP contribution is 2.30. The van der Waals surface area contributed by atoms with E-state index in [0.29, 0.717) is 22.3 Å². The molecule has 0 atom stereocenters. The topological polar surface area (TPSA) is 67.0 Å². The lowest BCUT2D eigenvalue weighted by atomic mass is 10.2. The van der Waals surface area contributed by atoms with Gasteiger partial charge in [-0.25, -0.2) is 4.98 Å². The lowest BCUT2D eigenvalue weighted by Gasteiger charge is -2.09. The Morgan fingerprint density at radius 1 is 1.11 bits per heavy atom. The number of aryl methyl sites for hydroxylation is 1. The molecule has 5 nitrogen and oxygen atoms in total. The lowest BCUT2D eigenvalue weighted by Crippen LogP contribution is -2.20. The van der Waals surface area contributed by atoms with Gasteiger partial charge in [0.1, 0.15) is 11.6 Å².